The van der Waals surface area contributed by atoms with Gasteiger partial charge in [-0.1, -0.05) is 0 Å². The molecule has 1 heterocycles. The van der Waals surface area contributed by atoms with Crippen LogP contribution in [-0.4, -0.2) is 5.91 Å². The number of hydrogen-bond acceptors (Lipinski definition) is 3. The molecule has 82 valence electrons. The summed E-state index contributed by atoms with van der Waals surface area (Å²) in [7, 11) is 0. The van der Waals surface area contributed by atoms with Crippen LogP contribution in [0.25, 0.3) is 0 Å². The monoisotopic (exact) mass is 220 g/mol. The van der Waals surface area contributed by atoms with Crippen LogP contribution in [0.5, 0.6) is 0 Å². The van der Waals surface area contributed by atoms with Gasteiger partial charge in [-0.3, -0.25) is 4.79 Å². The van der Waals surface area contributed by atoms with E-state index in [9.17, 15) is 9.18 Å². The average Bonchev–Trinajstić information content (AvgIpc) is 2.75. The van der Waals surface area contributed by atoms with Crippen LogP contribution in [0.1, 0.15) is 10.4 Å². The van der Waals surface area contributed by atoms with Crippen molar-refractivity contribution in [2.45, 2.75) is 0 Å². The topological polar surface area (TPSA) is 68.3 Å². The first-order chi connectivity index (χ1) is 7.66. The lowest BCUT2D eigenvalue weighted by Crippen LogP contribution is -2.12. The Labute approximate surface area is 90.9 Å². The Morgan fingerprint density at radius 1 is 1.38 bits per heavy atom. The van der Waals surface area contributed by atoms with Crippen molar-refractivity contribution in [3.05, 3.63) is 48.2 Å². The standard InChI is InChI=1S/C11H9FN2O2/c12-9-5-8(13)1-2-10(9)14-11(15)7-3-4-16-6-7/h1-6H,13H2,(H,14,15). The lowest BCUT2D eigenvalue weighted by Gasteiger charge is -2.05. The summed E-state index contributed by atoms with van der Waals surface area (Å²) in [4.78, 5) is 11.5. The third-order valence-corrected chi connectivity index (χ3v) is 2.02. The number of amides is 1. The molecule has 1 amide bonds. The Kier molecular flexibility index (Phi) is 2.59. The zero-order valence-electron chi connectivity index (χ0n) is 8.24. The van der Waals surface area contributed by atoms with E-state index in [0.717, 1.165) is 6.07 Å². The predicted octanol–water partition coefficient (Wildman–Crippen LogP) is 2.25. The lowest BCUT2D eigenvalue weighted by atomic mass is 10.2. The Morgan fingerprint density at radius 2 is 2.19 bits per heavy atom. The number of nitrogen functional groups attached to an aromatic ring is 1. The number of carbonyl (C=O) groups excluding carboxylic acids is 1. The second kappa shape index (κ2) is 4.06. The third kappa shape index (κ3) is 2.03. The van der Waals surface area contributed by atoms with E-state index in [1.165, 1.54) is 30.7 Å². The number of benzene rings is 1. The second-order valence-corrected chi connectivity index (χ2v) is 3.21. The van der Waals surface area contributed by atoms with Crippen LogP contribution in [0.3, 0.4) is 0 Å². The Balaban J connectivity index is 2.18. The minimum absolute atomic E-state index is 0.0837. The molecule has 1 aromatic heterocycles. The molecule has 0 radical (unpaired) electrons. The summed E-state index contributed by atoms with van der Waals surface area (Å²) in [5.41, 5.74) is 6.10. The highest BCUT2D eigenvalue weighted by Crippen LogP contribution is 2.17. The highest BCUT2D eigenvalue weighted by atomic mass is 19.1. The molecule has 2 aromatic rings. The Bertz CT molecular complexity index is 509. The van der Waals surface area contributed by atoms with Gasteiger partial charge >= 0.3 is 0 Å². The van der Waals surface area contributed by atoms with Gasteiger partial charge in [0.05, 0.1) is 17.5 Å². The van der Waals surface area contributed by atoms with Gasteiger partial charge in [0.2, 0.25) is 0 Å². The summed E-state index contributed by atoms with van der Waals surface area (Å²) in [6.45, 7) is 0. The van der Waals surface area contributed by atoms with Crippen LogP contribution in [-0.2, 0) is 0 Å². The van der Waals surface area contributed by atoms with E-state index < -0.39 is 11.7 Å². The summed E-state index contributed by atoms with van der Waals surface area (Å²) in [6, 6.07) is 5.55. The number of rotatable bonds is 2. The van der Waals surface area contributed by atoms with Gasteiger partial charge in [0.25, 0.3) is 5.91 Å². The van der Waals surface area contributed by atoms with E-state index >= 15 is 0 Å². The van der Waals surface area contributed by atoms with Gasteiger partial charge in [0.15, 0.2) is 0 Å². The zero-order chi connectivity index (χ0) is 11.5. The number of furan rings is 1. The fourth-order valence-corrected chi connectivity index (χ4v) is 1.22. The van der Waals surface area contributed by atoms with Gasteiger partial charge in [-0.05, 0) is 24.3 Å². The van der Waals surface area contributed by atoms with Crippen molar-refractivity contribution in [2.75, 3.05) is 11.1 Å². The molecule has 0 aliphatic heterocycles. The molecule has 5 heteroatoms. The van der Waals surface area contributed by atoms with E-state index in [-0.39, 0.29) is 5.69 Å². The van der Waals surface area contributed by atoms with Crippen LogP contribution >= 0.6 is 0 Å². The predicted molar refractivity (Wildman–Crippen MR) is 57.5 cm³/mol. The maximum atomic E-state index is 13.3. The highest BCUT2D eigenvalue weighted by Gasteiger charge is 2.10. The number of nitrogens with two attached hydrogens (primary N) is 1. The van der Waals surface area contributed by atoms with E-state index in [1.807, 2.05) is 0 Å². The van der Waals surface area contributed by atoms with E-state index in [1.54, 1.807) is 0 Å². The molecule has 0 saturated carbocycles. The van der Waals surface area contributed by atoms with Crippen molar-refractivity contribution < 1.29 is 13.6 Å². The number of hydrogen-bond donors (Lipinski definition) is 2. The smallest absolute Gasteiger partial charge is 0.258 e. The van der Waals surface area contributed by atoms with Crippen LogP contribution in [0, 0.1) is 5.82 Å². The van der Waals surface area contributed by atoms with Crippen molar-refractivity contribution in [1.29, 1.82) is 0 Å². The fraction of sp³-hybridized carbons (Fsp3) is 0. The molecule has 0 aliphatic rings. The summed E-state index contributed by atoms with van der Waals surface area (Å²) < 4.78 is 18.1. The van der Waals surface area contributed by atoms with Crippen molar-refractivity contribution in [3.63, 3.8) is 0 Å². The van der Waals surface area contributed by atoms with Gasteiger partial charge in [-0.15, -0.1) is 0 Å². The molecule has 0 unspecified atom stereocenters. The molecule has 16 heavy (non-hydrogen) atoms. The molecular formula is C11H9FN2O2. The number of carbonyl (C=O) groups is 1. The second-order valence-electron chi connectivity index (χ2n) is 3.21. The van der Waals surface area contributed by atoms with Crippen LogP contribution in [0.4, 0.5) is 15.8 Å². The average molecular weight is 220 g/mol. The SMILES string of the molecule is Nc1ccc(NC(=O)c2ccoc2)c(F)c1. The molecule has 0 atom stereocenters. The molecule has 0 aliphatic carbocycles. The summed E-state index contributed by atoms with van der Waals surface area (Å²) in [5, 5.41) is 2.41. The minimum atomic E-state index is -0.572. The summed E-state index contributed by atoms with van der Waals surface area (Å²) in [5.74, 6) is -1.01. The minimum Gasteiger partial charge on any atom is -0.472 e. The fourth-order valence-electron chi connectivity index (χ4n) is 1.22. The van der Waals surface area contributed by atoms with E-state index in [2.05, 4.69) is 5.32 Å². The van der Waals surface area contributed by atoms with E-state index in [0.29, 0.717) is 11.3 Å². The molecule has 0 saturated heterocycles. The van der Waals surface area contributed by atoms with Gasteiger partial charge in [0, 0.05) is 5.69 Å². The van der Waals surface area contributed by atoms with Gasteiger partial charge in [-0.25, -0.2) is 4.39 Å². The van der Waals surface area contributed by atoms with E-state index in [4.69, 9.17) is 10.2 Å². The largest absolute Gasteiger partial charge is 0.472 e. The first-order valence-corrected chi connectivity index (χ1v) is 4.55. The maximum Gasteiger partial charge on any atom is 0.258 e. The van der Waals surface area contributed by atoms with Crippen LogP contribution in [0.15, 0.2) is 41.2 Å². The molecule has 1 aromatic carbocycles. The third-order valence-electron chi connectivity index (χ3n) is 2.02. The maximum absolute atomic E-state index is 13.3. The first-order valence-electron chi connectivity index (χ1n) is 4.55. The zero-order valence-corrected chi connectivity index (χ0v) is 8.24. The van der Waals surface area contributed by atoms with Crippen molar-refractivity contribution in [3.8, 4) is 0 Å². The summed E-state index contributed by atoms with van der Waals surface area (Å²) in [6.07, 6.45) is 2.65. The van der Waals surface area contributed by atoms with Crippen molar-refractivity contribution in [1.82, 2.24) is 0 Å². The molecule has 3 N–H and O–H groups in total. The van der Waals surface area contributed by atoms with Crippen LogP contribution < -0.4 is 11.1 Å². The number of anilines is 2. The highest BCUT2D eigenvalue weighted by molar-refractivity contribution is 6.04. The lowest BCUT2D eigenvalue weighted by molar-refractivity contribution is 0.102. The van der Waals surface area contributed by atoms with Gasteiger partial charge < -0.3 is 15.5 Å². The molecule has 0 fully saturated rings. The van der Waals surface area contributed by atoms with Crippen molar-refractivity contribution >= 4 is 17.3 Å². The van der Waals surface area contributed by atoms with Gasteiger partial charge in [0.1, 0.15) is 12.1 Å². The molecule has 0 bridgehead atoms. The summed E-state index contributed by atoms with van der Waals surface area (Å²) >= 11 is 0. The van der Waals surface area contributed by atoms with Crippen LogP contribution in [0.2, 0.25) is 0 Å². The van der Waals surface area contributed by atoms with Gasteiger partial charge in [-0.2, -0.15) is 0 Å². The molecule has 4 nitrogen and oxygen atoms in total. The Morgan fingerprint density at radius 3 is 2.81 bits per heavy atom. The molecule has 2 rings (SSSR count). The normalized spacial score (nSPS) is 10.1. The molecular weight excluding hydrogens is 211 g/mol. The number of nitrogens with one attached hydrogen (secondary N) is 1. The Hall–Kier alpha value is -2.30. The number of halogens is 1. The molecule has 0 spiro atoms. The quantitative estimate of drug-likeness (QED) is 0.762. The first kappa shape index (κ1) is 10.2. The van der Waals surface area contributed by atoms with Crippen molar-refractivity contribution in [2.24, 2.45) is 0 Å².